The van der Waals surface area contributed by atoms with Gasteiger partial charge in [-0.05, 0) is 25.8 Å². The normalized spacial score (nSPS) is 19.8. The van der Waals surface area contributed by atoms with Gasteiger partial charge in [0, 0.05) is 18.5 Å². The fraction of sp³-hybridized carbons (Fsp3) is 0.538. The third-order valence-electron chi connectivity index (χ3n) is 3.46. The average molecular weight is 346 g/mol. The molecule has 1 aromatic heterocycles. The van der Waals surface area contributed by atoms with Gasteiger partial charge in [-0.1, -0.05) is 0 Å². The highest BCUT2D eigenvalue weighted by atomic mass is 32.2. The maximum atomic E-state index is 12.6. The minimum absolute atomic E-state index is 0.0378. The van der Waals surface area contributed by atoms with Crippen LogP contribution < -0.4 is 5.73 Å². The van der Waals surface area contributed by atoms with Crippen molar-refractivity contribution in [3.8, 4) is 0 Å². The first-order valence-electron chi connectivity index (χ1n) is 6.91. The molecule has 2 rings (SSSR count). The van der Waals surface area contributed by atoms with E-state index in [1.54, 1.807) is 6.92 Å². The second-order valence-corrected chi connectivity index (χ2v) is 7.81. The van der Waals surface area contributed by atoms with Gasteiger partial charge in [0.25, 0.3) is 5.91 Å². The molecule has 0 saturated carbocycles. The van der Waals surface area contributed by atoms with Crippen LogP contribution in [0.25, 0.3) is 0 Å². The van der Waals surface area contributed by atoms with Crippen LogP contribution >= 0.6 is 11.3 Å². The lowest BCUT2D eigenvalue weighted by atomic mass is 10.0. The number of carbonyl (C=O) groups is 2. The molecule has 0 bridgehead atoms. The lowest BCUT2D eigenvalue weighted by Crippen LogP contribution is -2.42. The van der Waals surface area contributed by atoms with Crippen LogP contribution in [-0.2, 0) is 19.6 Å². The lowest BCUT2D eigenvalue weighted by Gasteiger charge is -2.30. The Kier molecular flexibility index (Phi) is 5.20. The summed E-state index contributed by atoms with van der Waals surface area (Å²) in [4.78, 5) is 23.1. The van der Waals surface area contributed by atoms with Crippen LogP contribution in [0.4, 0.5) is 0 Å². The van der Waals surface area contributed by atoms with E-state index < -0.39 is 21.8 Å². The molecule has 1 aliphatic heterocycles. The van der Waals surface area contributed by atoms with Gasteiger partial charge >= 0.3 is 5.97 Å². The Bertz CT molecular complexity index is 668. The predicted octanol–water partition coefficient (Wildman–Crippen LogP) is 0.811. The molecular formula is C13H18N2O5S2. The molecule has 1 aromatic rings. The molecule has 122 valence electrons. The van der Waals surface area contributed by atoms with E-state index in [-0.39, 0.29) is 28.9 Å². The molecule has 0 radical (unpaired) electrons. The summed E-state index contributed by atoms with van der Waals surface area (Å²) >= 11 is 0.992. The Labute approximate surface area is 133 Å². The van der Waals surface area contributed by atoms with Gasteiger partial charge < -0.3 is 10.5 Å². The molecule has 1 atom stereocenters. The van der Waals surface area contributed by atoms with Crippen LogP contribution in [0.15, 0.2) is 16.3 Å². The number of nitrogens with zero attached hydrogens (tertiary/aromatic N) is 1. The number of esters is 1. The third kappa shape index (κ3) is 3.47. The van der Waals surface area contributed by atoms with Crippen molar-refractivity contribution in [2.24, 2.45) is 11.7 Å². The van der Waals surface area contributed by atoms with Crippen LogP contribution in [-0.4, -0.2) is 44.3 Å². The topological polar surface area (TPSA) is 107 Å². The standard InChI is InChI=1S/C13H18N2O5S2/c1-2-20-13(17)9-4-3-5-15(7-9)22(18,19)10-6-11(12(14)16)21-8-10/h6,8-9H,2-5,7H2,1H3,(H2,14,16). The summed E-state index contributed by atoms with van der Waals surface area (Å²) in [5, 5.41) is 1.39. The number of nitrogens with two attached hydrogens (primary N) is 1. The first-order valence-corrected chi connectivity index (χ1v) is 9.23. The van der Waals surface area contributed by atoms with Gasteiger partial charge in [0.05, 0.1) is 22.3 Å². The van der Waals surface area contributed by atoms with Crippen molar-refractivity contribution < 1.29 is 22.7 Å². The van der Waals surface area contributed by atoms with Crippen LogP contribution in [0, 0.1) is 5.92 Å². The third-order valence-corrected chi connectivity index (χ3v) is 6.40. The number of sulfonamides is 1. The first kappa shape index (κ1) is 16.9. The van der Waals surface area contributed by atoms with Gasteiger partial charge in [-0.3, -0.25) is 9.59 Å². The Morgan fingerprint density at radius 2 is 2.23 bits per heavy atom. The monoisotopic (exact) mass is 346 g/mol. The lowest BCUT2D eigenvalue weighted by molar-refractivity contribution is -0.149. The molecule has 0 aromatic carbocycles. The molecule has 1 aliphatic rings. The molecule has 2 heterocycles. The van der Waals surface area contributed by atoms with Crippen LogP contribution in [0.5, 0.6) is 0 Å². The molecule has 1 unspecified atom stereocenters. The summed E-state index contributed by atoms with van der Waals surface area (Å²) in [5.41, 5.74) is 5.15. The van der Waals surface area contributed by atoms with Gasteiger partial charge in [0.15, 0.2) is 0 Å². The summed E-state index contributed by atoms with van der Waals surface area (Å²) < 4.78 is 31.4. The molecule has 1 fully saturated rings. The molecule has 1 amide bonds. The van der Waals surface area contributed by atoms with Gasteiger partial charge in [0.1, 0.15) is 0 Å². The smallest absolute Gasteiger partial charge is 0.310 e. The van der Waals surface area contributed by atoms with E-state index in [9.17, 15) is 18.0 Å². The van der Waals surface area contributed by atoms with Gasteiger partial charge in [-0.15, -0.1) is 11.3 Å². The summed E-state index contributed by atoms with van der Waals surface area (Å²) in [5.74, 6) is -1.47. The fourth-order valence-corrected chi connectivity index (χ4v) is 4.98. The number of piperidine rings is 1. The number of primary amides is 1. The number of hydrogen-bond acceptors (Lipinski definition) is 6. The molecule has 1 saturated heterocycles. The predicted molar refractivity (Wildman–Crippen MR) is 81.0 cm³/mol. The highest BCUT2D eigenvalue weighted by molar-refractivity contribution is 7.89. The average Bonchev–Trinajstić information content (AvgIpc) is 2.98. The summed E-state index contributed by atoms with van der Waals surface area (Å²) in [6, 6.07) is 1.27. The van der Waals surface area contributed by atoms with E-state index in [1.165, 1.54) is 15.8 Å². The van der Waals surface area contributed by atoms with E-state index in [0.29, 0.717) is 19.4 Å². The van der Waals surface area contributed by atoms with E-state index in [2.05, 4.69) is 0 Å². The minimum Gasteiger partial charge on any atom is -0.466 e. The second-order valence-electron chi connectivity index (χ2n) is 4.97. The number of hydrogen-bond donors (Lipinski definition) is 1. The zero-order chi connectivity index (χ0) is 16.3. The van der Waals surface area contributed by atoms with Gasteiger partial charge in [0.2, 0.25) is 10.0 Å². The Hall–Kier alpha value is -1.45. The Morgan fingerprint density at radius 1 is 1.50 bits per heavy atom. The van der Waals surface area contributed by atoms with Crippen molar-refractivity contribution in [1.82, 2.24) is 4.31 Å². The van der Waals surface area contributed by atoms with Crippen molar-refractivity contribution in [2.75, 3.05) is 19.7 Å². The number of carbonyl (C=O) groups excluding carboxylic acids is 2. The zero-order valence-corrected chi connectivity index (χ0v) is 13.8. The number of thiophene rings is 1. The number of rotatable bonds is 5. The van der Waals surface area contributed by atoms with Crippen molar-refractivity contribution >= 4 is 33.2 Å². The number of ether oxygens (including phenoxy) is 1. The van der Waals surface area contributed by atoms with E-state index in [4.69, 9.17) is 10.5 Å². The van der Waals surface area contributed by atoms with Gasteiger partial charge in [-0.2, -0.15) is 4.31 Å². The highest BCUT2D eigenvalue weighted by Crippen LogP contribution is 2.27. The maximum Gasteiger partial charge on any atom is 0.310 e. The SMILES string of the molecule is CCOC(=O)C1CCCN(S(=O)(=O)c2csc(C(N)=O)c2)C1. The largest absolute Gasteiger partial charge is 0.466 e. The maximum absolute atomic E-state index is 12.6. The Morgan fingerprint density at radius 3 is 2.82 bits per heavy atom. The minimum atomic E-state index is -3.73. The van der Waals surface area contributed by atoms with Crippen LogP contribution in [0.2, 0.25) is 0 Å². The molecule has 7 nitrogen and oxygen atoms in total. The van der Waals surface area contributed by atoms with Crippen molar-refractivity contribution in [3.05, 3.63) is 16.3 Å². The summed E-state index contributed by atoms with van der Waals surface area (Å²) in [7, 11) is -3.73. The van der Waals surface area contributed by atoms with Crippen LogP contribution in [0.1, 0.15) is 29.4 Å². The van der Waals surface area contributed by atoms with Crippen molar-refractivity contribution in [2.45, 2.75) is 24.7 Å². The molecule has 0 aliphatic carbocycles. The quantitative estimate of drug-likeness (QED) is 0.794. The van der Waals surface area contributed by atoms with E-state index >= 15 is 0 Å². The van der Waals surface area contributed by atoms with Crippen LogP contribution in [0.3, 0.4) is 0 Å². The summed E-state index contributed by atoms with van der Waals surface area (Å²) in [6.07, 6.45) is 1.20. The Balaban J connectivity index is 2.17. The molecule has 2 N–H and O–H groups in total. The highest BCUT2D eigenvalue weighted by Gasteiger charge is 2.34. The molecular weight excluding hydrogens is 328 g/mol. The van der Waals surface area contributed by atoms with E-state index in [0.717, 1.165) is 11.3 Å². The zero-order valence-electron chi connectivity index (χ0n) is 12.1. The van der Waals surface area contributed by atoms with Gasteiger partial charge in [-0.25, -0.2) is 8.42 Å². The van der Waals surface area contributed by atoms with Crippen molar-refractivity contribution in [3.63, 3.8) is 0 Å². The summed E-state index contributed by atoms with van der Waals surface area (Å²) in [6.45, 7) is 2.43. The molecule has 22 heavy (non-hydrogen) atoms. The fourth-order valence-electron chi connectivity index (χ4n) is 2.35. The second kappa shape index (κ2) is 6.76. The molecule has 9 heteroatoms. The molecule has 0 spiro atoms. The first-order chi connectivity index (χ1) is 10.4. The van der Waals surface area contributed by atoms with Crippen molar-refractivity contribution in [1.29, 1.82) is 0 Å². The van der Waals surface area contributed by atoms with E-state index in [1.807, 2.05) is 0 Å². The number of amides is 1.